The first kappa shape index (κ1) is 14.2. The number of hydrogen-bond acceptors (Lipinski definition) is 5. The van der Waals surface area contributed by atoms with E-state index in [1.807, 2.05) is 6.92 Å². The zero-order valence-corrected chi connectivity index (χ0v) is 12.6. The van der Waals surface area contributed by atoms with Crippen LogP contribution in [0.1, 0.15) is 35.0 Å². The maximum Gasteiger partial charge on any atom is 0.346 e. The van der Waals surface area contributed by atoms with E-state index in [0.29, 0.717) is 22.3 Å². The summed E-state index contributed by atoms with van der Waals surface area (Å²) in [5, 5.41) is 9.55. The Hall–Kier alpha value is -1.73. The molecule has 21 heavy (non-hydrogen) atoms. The third-order valence-electron chi connectivity index (χ3n) is 3.83. The fourth-order valence-corrected chi connectivity index (χ4v) is 3.71. The van der Waals surface area contributed by atoms with Gasteiger partial charge in [-0.25, -0.2) is 9.78 Å². The molecule has 112 valence electrons. The molecule has 6 nitrogen and oxygen atoms in total. The molecule has 3 heterocycles. The Kier molecular flexibility index (Phi) is 3.54. The number of fused-ring (bicyclic) bond motifs is 1. The van der Waals surface area contributed by atoms with Crippen LogP contribution in [-0.4, -0.2) is 32.8 Å². The number of thiophene rings is 1. The number of carbonyl (C=O) groups is 1. The zero-order chi connectivity index (χ0) is 15.1. The standard InChI is InChI=1S/C14H16N2O4S/c1-7-3-4-9(20-7)5-16-6-15-12-10(13(16)17)8(2)11(21-12)14(18)19/h6-7,9H,3-5H2,1-2H3,(H,18,19). The molecule has 0 spiro atoms. The Morgan fingerprint density at radius 2 is 2.33 bits per heavy atom. The maximum absolute atomic E-state index is 12.5. The van der Waals surface area contributed by atoms with Crippen LogP contribution in [0, 0.1) is 6.92 Å². The molecule has 1 saturated heterocycles. The van der Waals surface area contributed by atoms with Gasteiger partial charge in [0, 0.05) is 0 Å². The van der Waals surface area contributed by atoms with Crippen LogP contribution in [0.15, 0.2) is 11.1 Å². The van der Waals surface area contributed by atoms with Gasteiger partial charge in [-0.05, 0) is 32.3 Å². The molecule has 0 aromatic carbocycles. The van der Waals surface area contributed by atoms with Crippen molar-refractivity contribution in [3.63, 3.8) is 0 Å². The van der Waals surface area contributed by atoms with Gasteiger partial charge in [-0.15, -0.1) is 11.3 Å². The van der Waals surface area contributed by atoms with E-state index in [9.17, 15) is 9.59 Å². The molecule has 3 rings (SSSR count). The van der Waals surface area contributed by atoms with Gasteiger partial charge in [0.15, 0.2) is 0 Å². The molecule has 2 unspecified atom stereocenters. The van der Waals surface area contributed by atoms with Crippen molar-refractivity contribution >= 4 is 27.5 Å². The van der Waals surface area contributed by atoms with Crippen molar-refractivity contribution in [2.75, 3.05) is 0 Å². The lowest BCUT2D eigenvalue weighted by Gasteiger charge is -2.12. The Morgan fingerprint density at radius 1 is 1.57 bits per heavy atom. The van der Waals surface area contributed by atoms with E-state index >= 15 is 0 Å². The second-order valence-electron chi connectivity index (χ2n) is 5.39. The van der Waals surface area contributed by atoms with Crippen LogP contribution in [-0.2, 0) is 11.3 Å². The van der Waals surface area contributed by atoms with Gasteiger partial charge in [0.05, 0.1) is 30.5 Å². The lowest BCUT2D eigenvalue weighted by Crippen LogP contribution is -2.27. The van der Waals surface area contributed by atoms with E-state index in [4.69, 9.17) is 9.84 Å². The highest BCUT2D eigenvalue weighted by Gasteiger charge is 2.24. The number of aryl methyl sites for hydroxylation is 1. The van der Waals surface area contributed by atoms with Crippen molar-refractivity contribution < 1.29 is 14.6 Å². The smallest absolute Gasteiger partial charge is 0.346 e. The Balaban J connectivity index is 2.02. The third kappa shape index (κ3) is 2.47. The Morgan fingerprint density at radius 3 is 2.95 bits per heavy atom. The molecule has 0 saturated carbocycles. The zero-order valence-electron chi connectivity index (χ0n) is 11.8. The fourth-order valence-electron chi connectivity index (χ4n) is 2.73. The Bertz CT molecular complexity index is 764. The molecular formula is C14H16N2O4S. The van der Waals surface area contributed by atoms with Gasteiger partial charge in [-0.3, -0.25) is 9.36 Å². The highest BCUT2D eigenvalue weighted by atomic mass is 32.1. The average molecular weight is 308 g/mol. The summed E-state index contributed by atoms with van der Waals surface area (Å²) < 4.78 is 7.25. The van der Waals surface area contributed by atoms with Crippen molar-refractivity contribution in [2.24, 2.45) is 0 Å². The van der Waals surface area contributed by atoms with E-state index in [0.717, 1.165) is 24.2 Å². The van der Waals surface area contributed by atoms with Gasteiger partial charge < -0.3 is 9.84 Å². The summed E-state index contributed by atoms with van der Waals surface area (Å²) in [6, 6.07) is 0. The topological polar surface area (TPSA) is 81.4 Å². The molecule has 1 fully saturated rings. The minimum absolute atomic E-state index is 0.0230. The summed E-state index contributed by atoms with van der Waals surface area (Å²) >= 11 is 1.04. The molecule has 2 aromatic heterocycles. The number of carboxylic acids is 1. The van der Waals surface area contributed by atoms with Crippen molar-refractivity contribution in [3.05, 3.63) is 27.1 Å². The van der Waals surface area contributed by atoms with E-state index in [2.05, 4.69) is 4.98 Å². The van der Waals surface area contributed by atoms with Crippen LogP contribution in [0.4, 0.5) is 0 Å². The van der Waals surface area contributed by atoms with Crippen LogP contribution >= 0.6 is 11.3 Å². The predicted octanol–water partition coefficient (Wildman–Crippen LogP) is 2.03. The van der Waals surface area contributed by atoms with Crippen LogP contribution < -0.4 is 5.56 Å². The Labute approximate surface area is 125 Å². The molecule has 2 aromatic rings. The van der Waals surface area contributed by atoms with Gasteiger partial charge in [0.1, 0.15) is 9.71 Å². The number of nitrogens with zero attached hydrogens (tertiary/aromatic N) is 2. The van der Waals surface area contributed by atoms with Gasteiger partial charge in [-0.2, -0.15) is 0 Å². The minimum atomic E-state index is -1.02. The van der Waals surface area contributed by atoms with Crippen LogP contribution in [0.25, 0.3) is 10.2 Å². The molecular weight excluding hydrogens is 292 g/mol. The molecule has 1 N–H and O–H groups in total. The molecule has 7 heteroatoms. The summed E-state index contributed by atoms with van der Waals surface area (Å²) in [5.74, 6) is -1.02. The summed E-state index contributed by atoms with van der Waals surface area (Å²) in [4.78, 5) is 28.6. The van der Waals surface area contributed by atoms with E-state index < -0.39 is 5.97 Å². The highest BCUT2D eigenvalue weighted by molar-refractivity contribution is 7.20. The van der Waals surface area contributed by atoms with Crippen molar-refractivity contribution in [3.8, 4) is 0 Å². The lowest BCUT2D eigenvalue weighted by molar-refractivity contribution is 0.0451. The van der Waals surface area contributed by atoms with E-state index in [1.54, 1.807) is 6.92 Å². The van der Waals surface area contributed by atoms with Crippen molar-refractivity contribution in [1.82, 2.24) is 9.55 Å². The van der Waals surface area contributed by atoms with Gasteiger partial charge in [-0.1, -0.05) is 0 Å². The lowest BCUT2D eigenvalue weighted by atomic mass is 10.2. The van der Waals surface area contributed by atoms with Crippen LogP contribution in [0.3, 0.4) is 0 Å². The largest absolute Gasteiger partial charge is 0.477 e. The van der Waals surface area contributed by atoms with Gasteiger partial charge in [0.25, 0.3) is 5.56 Å². The maximum atomic E-state index is 12.5. The first-order valence-electron chi connectivity index (χ1n) is 6.84. The second kappa shape index (κ2) is 5.23. The summed E-state index contributed by atoms with van der Waals surface area (Å²) in [6.45, 7) is 4.14. The van der Waals surface area contributed by atoms with Crippen molar-refractivity contribution in [2.45, 2.75) is 45.4 Å². The fraction of sp³-hybridized carbons (Fsp3) is 0.500. The molecule has 0 aliphatic carbocycles. The molecule has 0 radical (unpaired) electrons. The molecule has 2 atom stereocenters. The van der Waals surface area contributed by atoms with Gasteiger partial charge in [0.2, 0.25) is 0 Å². The summed E-state index contributed by atoms with van der Waals surface area (Å²) in [6.07, 6.45) is 3.65. The number of carboxylic acid groups (broad SMARTS) is 1. The minimum Gasteiger partial charge on any atom is -0.477 e. The number of hydrogen-bond donors (Lipinski definition) is 1. The monoisotopic (exact) mass is 308 g/mol. The quantitative estimate of drug-likeness (QED) is 0.938. The molecule has 0 bridgehead atoms. The number of ether oxygens (including phenoxy) is 1. The number of aromatic carboxylic acids is 1. The van der Waals surface area contributed by atoms with E-state index in [-0.39, 0.29) is 22.6 Å². The SMILES string of the molecule is Cc1c(C(=O)O)sc2ncn(CC3CCC(C)O3)c(=O)c12. The van der Waals surface area contributed by atoms with Crippen LogP contribution in [0.5, 0.6) is 0 Å². The first-order chi connectivity index (χ1) is 9.97. The normalized spacial score (nSPS) is 22.0. The molecule has 1 aliphatic heterocycles. The molecule has 0 amide bonds. The van der Waals surface area contributed by atoms with Crippen LogP contribution in [0.2, 0.25) is 0 Å². The van der Waals surface area contributed by atoms with Crippen molar-refractivity contribution in [1.29, 1.82) is 0 Å². The molecule has 1 aliphatic rings. The summed E-state index contributed by atoms with van der Waals surface area (Å²) in [7, 11) is 0. The predicted molar refractivity (Wildman–Crippen MR) is 79.1 cm³/mol. The highest BCUT2D eigenvalue weighted by Crippen LogP contribution is 2.27. The summed E-state index contributed by atoms with van der Waals surface area (Å²) in [5.41, 5.74) is 0.305. The van der Waals surface area contributed by atoms with Gasteiger partial charge >= 0.3 is 5.97 Å². The number of rotatable bonds is 3. The average Bonchev–Trinajstić information content (AvgIpc) is 2.97. The van der Waals surface area contributed by atoms with E-state index in [1.165, 1.54) is 10.9 Å². The number of aromatic nitrogens is 2. The first-order valence-corrected chi connectivity index (χ1v) is 7.66. The third-order valence-corrected chi connectivity index (χ3v) is 5.02. The second-order valence-corrected chi connectivity index (χ2v) is 6.39.